The lowest BCUT2D eigenvalue weighted by Gasteiger charge is -2.09. The van der Waals surface area contributed by atoms with Crippen molar-refractivity contribution in [1.29, 1.82) is 0 Å². The molecular formula is C15H23NO3. The van der Waals surface area contributed by atoms with Gasteiger partial charge in [0, 0.05) is 19.7 Å². The molecule has 106 valence electrons. The Balaban J connectivity index is 2.26. The zero-order chi connectivity index (χ0) is 13.9. The minimum Gasteiger partial charge on any atom is -0.481 e. The molecule has 0 aliphatic carbocycles. The molecule has 0 atom stereocenters. The van der Waals surface area contributed by atoms with Crippen LogP contribution in [0.4, 0.5) is 0 Å². The number of carbonyl (C=O) groups is 1. The minimum absolute atomic E-state index is 0.0743. The van der Waals surface area contributed by atoms with Gasteiger partial charge in [0.25, 0.3) is 0 Å². The number of hydrogen-bond donors (Lipinski definition) is 2. The number of ether oxygens (including phenoxy) is 1. The maximum absolute atomic E-state index is 10.8. The van der Waals surface area contributed by atoms with E-state index in [1.807, 2.05) is 24.3 Å². The van der Waals surface area contributed by atoms with Gasteiger partial charge in [-0.25, -0.2) is 0 Å². The van der Waals surface area contributed by atoms with Crippen LogP contribution in [0.25, 0.3) is 0 Å². The SMILES string of the molecule is CCCCOCCNCc1ccccc1CC(=O)O. The summed E-state index contributed by atoms with van der Waals surface area (Å²) >= 11 is 0. The number of carboxylic acid groups (broad SMARTS) is 1. The van der Waals surface area contributed by atoms with Crippen molar-refractivity contribution in [3.05, 3.63) is 35.4 Å². The Labute approximate surface area is 114 Å². The number of carboxylic acids is 1. The molecule has 0 amide bonds. The van der Waals surface area contributed by atoms with E-state index < -0.39 is 5.97 Å². The molecule has 19 heavy (non-hydrogen) atoms. The molecule has 1 aromatic carbocycles. The molecule has 0 bridgehead atoms. The summed E-state index contributed by atoms with van der Waals surface area (Å²) in [5, 5.41) is 12.1. The first kappa shape index (κ1) is 15.7. The Bertz CT molecular complexity index is 379. The van der Waals surface area contributed by atoms with Crippen LogP contribution in [0.3, 0.4) is 0 Å². The van der Waals surface area contributed by atoms with Crippen LogP contribution in [0.2, 0.25) is 0 Å². The molecular weight excluding hydrogens is 242 g/mol. The van der Waals surface area contributed by atoms with Gasteiger partial charge < -0.3 is 15.2 Å². The van der Waals surface area contributed by atoms with Gasteiger partial charge in [-0.1, -0.05) is 37.6 Å². The molecule has 0 aliphatic heterocycles. The van der Waals surface area contributed by atoms with E-state index in [0.717, 1.165) is 37.1 Å². The third kappa shape index (κ3) is 6.94. The van der Waals surface area contributed by atoms with E-state index in [1.54, 1.807) is 0 Å². The minimum atomic E-state index is -0.796. The van der Waals surface area contributed by atoms with Crippen molar-refractivity contribution < 1.29 is 14.6 Å². The van der Waals surface area contributed by atoms with Gasteiger partial charge in [0.2, 0.25) is 0 Å². The van der Waals surface area contributed by atoms with Gasteiger partial charge in [0.15, 0.2) is 0 Å². The summed E-state index contributed by atoms with van der Waals surface area (Å²) in [6.07, 6.45) is 2.32. The predicted octanol–water partition coefficient (Wildman–Crippen LogP) is 2.22. The van der Waals surface area contributed by atoms with E-state index in [-0.39, 0.29) is 6.42 Å². The van der Waals surface area contributed by atoms with E-state index in [2.05, 4.69) is 12.2 Å². The second-order valence-corrected chi connectivity index (χ2v) is 4.48. The fourth-order valence-corrected chi connectivity index (χ4v) is 1.78. The monoisotopic (exact) mass is 265 g/mol. The molecule has 0 radical (unpaired) electrons. The van der Waals surface area contributed by atoms with Crippen molar-refractivity contribution in [3.8, 4) is 0 Å². The largest absolute Gasteiger partial charge is 0.481 e. The highest BCUT2D eigenvalue weighted by Gasteiger charge is 2.05. The molecule has 4 heteroatoms. The van der Waals surface area contributed by atoms with Crippen LogP contribution in [0.1, 0.15) is 30.9 Å². The average Bonchev–Trinajstić information content (AvgIpc) is 2.39. The number of benzene rings is 1. The van der Waals surface area contributed by atoms with Gasteiger partial charge in [0.05, 0.1) is 13.0 Å². The molecule has 1 rings (SSSR count). The summed E-state index contributed by atoms with van der Waals surface area (Å²) in [5.41, 5.74) is 1.91. The van der Waals surface area contributed by atoms with E-state index in [4.69, 9.17) is 9.84 Å². The highest BCUT2D eigenvalue weighted by Crippen LogP contribution is 2.09. The summed E-state index contributed by atoms with van der Waals surface area (Å²) in [7, 11) is 0. The summed E-state index contributed by atoms with van der Waals surface area (Å²) in [6, 6.07) is 7.63. The first-order valence-electron chi connectivity index (χ1n) is 6.81. The Morgan fingerprint density at radius 3 is 2.68 bits per heavy atom. The average molecular weight is 265 g/mol. The van der Waals surface area contributed by atoms with Crippen LogP contribution >= 0.6 is 0 Å². The Morgan fingerprint density at radius 1 is 1.26 bits per heavy atom. The standard InChI is InChI=1S/C15H23NO3/c1-2-3-9-19-10-8-16-12-14-7-5-4-6-13(14)11-15(17)18/h4-7,16H,2-3,8-12H2,1H3,(H,17,18). The number of unbranched alkanes of at least 4 members (excludes halogenated alkanes) is 1. The van der Waals surface area contributed by atoms with E-state index in [9.17, 15) is 4.79 Å². The van der Waals surface area contributed by atoms with Crippen molar-refractivity contribution in [3.63, 3.8) is 0 Å². The second-order valence-electron chi connectivity index (χ2n) is 4.48. The molecule has 0 saturated carbocycles. The van der Waals surface area contributed by atoms with Gasteiger partial charge >= 0.3 is 5.97 Å². The fraction of sp³-hybridized carbons (Fsp3) is 0.533. The number of aliphatic carboxylic acids is 1. The first-order valence-corrected chi connectivity index (χ1v) is 6.81. The van der Waals surface area contributed by atoms with Crippen LogP contribution in [0.15, 0.2) is 24.3 Å². The Kier molecular flexibility index (Phi) is 7.86. The smallest absolute Gasteiger partial charge is 0.307 e. The van der Waals surface area contributed by atoms with Crippen LogP contribution in [0.5, 0.6) is 0 Å². The summed E-state index contributed by atoms with van der Waals surface area (Å²) in [5.74, 6) is -0.796. The molecule has 0 saturated heterocycles. The molecule has 0 aliphatic rings. The van der Waals surface area contributed by atoms with Crippen molar-refractivity contribution in [2.24, 2.45) is 0 Å². The molecule has 0 heterocycles. The highest BCUT2D eigenvalue weighted by molar-refractivity contribution is 5.70. The zero-order valence-corrected chi connectivity index (χ0v) is 11.5. The molecule has 0 fully saturated rings. The maximum atomic E-state index is 10.8. The molecule has 4 nitrogen and oxygen atoms in total. The van der Waals surface area contributed by atoms with Crippen LogP contribution in [-0.2, 0) is 22.5 Å². The highest BCUT2D eigenvalue weighted by atomic mass is 16.5. The van der Waals surface area contributed by atoms with Crippen molar-refractivity contribution in [2.45, 2.75) is 32.7 Å². The third-order valence-electron chi connectivity index (χ3n) is 2.84. The summed E-state index contributed by atoms with van der Waals surface area (Å²) in [6.45, 7) is 5.11. The quantitative estimate of drug-likeness (QED) is 0.637. The lowest BCUT2D eigenvalue weighted by molar-refractivity contribution is -0.136. The second kappa shape index (κ2) is 9.53. The number of rotatable bonds is 10. The topological polar surface area (TPSA) is 58.6 Å². The van der Waals surface area contributed by atoms with Crippen molar-refractivity contribution in [2.75, 3.05) is 19.8 Å². The summed E-state index contributed by atoms with van der Waals surface area (Å²) in [4.78, 5) is 10.8. The Morgan fingerprint density at radius 2 is 2.00 bits per heavy atom. The molecule has 0 unspecified atom stereocenters. The van der Waals surface area contributed by atoms with Crippen molar-refractivity contribution in [1.82, 2.24) is 5.32 Å². The molecule has 2 N–H and O–H groups in total. The van der Waals surface area contributed by atoms with Crippen LogP contribution < -0.4 is 5.32 Å². The maximum Gasteiger partial charge on any atom is 0.307 e. The van der Waals surface area contributed by atoms with Gasteiger partial charge in [0.1, 0.15) is 0 Å². The molecule has 1 aromatic rings. The van der Waals surface area contributed by atoms with E-state index in [1.165, 1.54) is 0 Å². The fourth-order valence-electron chi connectivity index (χ4n) is 1.78. The number of nitrogens with one attached hydrogen (secondary N) is 1. The lowest BCUT2D eigenvalue weighted by Crippen LogP contribution is -2.20. The van der Waals surface area contributed by atoms with E-state index >= 15 is 0 Å². The van der Waals surface area contributed by atoms with Crippen LogP contribution in [-0.4, -0.2) is 30.8 Å². The van der Waals surface area contributed by atoms with E-state index in [0.29, 0.717) is 13.2 Å². The number of hydrogen-bond acceptors (Lipinski definition) is 3. The van der Waals surface area contributed by atoms with Crippen LogP contribution in [0, 0.1) is 0 Å². The summed E-state index contributed by atoms with van der Waals surface area (Å²) < 4.78 is 5.45. The first-order chi connectivity index (χ1) is 9.24. The van der Waals surface area contributed by atoms with Gasteiger partial charge in [-0.3, -0.25) is 4.79 Å². The normalized spacial score (nSPS) is 10.6. The molecule has 0 spiro atoms. The van der Waals surface area contributed by atoms with Gasteiger partial charge in [-0.2, -0.15) is 0 Å². The predicted molar refractivity (Wildman–Crippen MR) is 75.2 cm³/mol. The van der Waals surface area contributed by atoms with Gasteiger partial charge in [-0.05, 0) is 17.5 Å². The Hall–Kier alpha value is -1.39. The van der Waals surface area contributed by atoms with Gasteiger partial charge in [-0.15, -0.1) is 0 Å². The zero-order valence-electron chi connectivity index (χ0n) is 11.5. The van der Waals surface area contributed by atoms with Crippen molar-refractivity contribution >= 4 is 5.97 Å². The lowest BCUT2D eigenvalue weighted by atomic mass is 10.0. The third-order valence-corrected chi connectivity index (χ3v) is 2.84. The molecule has 0 aromatic heterocycles.